The number of H-pyrrole nitrogens is 1. The molecule has 1 heterocycles. The quantitative estimate of drug-likeness (QED) is 0.700. The number of carbonyl (C=O) groups is 1. The van der Waals surface area contributed by atoms with E-state index in [0.29, 0.717) is 22.9 Å². The van der Waals surface area contributed by atoms with E-state index in [1.807, 2.05) is 44.3 Å². The molecular formula is C19H19ClN2O2. The average molecular weight is 343 g/mol. The fourth-order valence-corrected chi connectivity index (χ4v) is 2.81. The van der Waals surface area contributed by atoms with Crippen LogP contribution in [0.3, 0.4) is 0 Å². The zero-order chi connectivity index (χ0) is 17.1. The number of para-hydroxylation sites is 1. The van der Waals surface area contributed by atoms with Gasteiger partial charge in [-0.3, -0.25) is 4.79 Å². The van der Waals surface area contributed by atoms with Crippen LogP contribution in [0.2, 0.25) is 5.02 Å². The minimum absolute atomic E-state index is 0.0461. The van der Waals surface area contributed by atoms with Crippen molar-refractivity contribution in [3.05, 3.63) is 59.2 Å². The molecule has 124 valence electrons. The van der Waals surface area contributed by atoms with E-state index in [0.717, 1.165) is 16.5 Å². The maximum absolute atomic E-state index is 12.3. The van der Waals surface area contributed by atoms with Crippen LogP contribution in [-0.4, -0.2) is 17.0 Å². The van der Waals surface area contributed by atoms with Crippen molar-refractivity contribution in [1.82, 2.24) is 4.98 Å². The molecule has 0 radical (unpaired) electrons. The van der Waals surface area contributed by atoms with Crippen LogP contribution < -0.4 is 10.1 Å². The smallest absolute Gasteiger partial charge is 0.228 e. The third-order valence-corrected chi connectivity index (χ3v) is 3.90. The molecule has 0 unspecified atom stereocenters. The van der Waals surface area contributed by atoms with E-state index in [1.165, 1.54) is 0 Å². The molecule has 5 heteroatoms. The van der Waals surface area contributed by atoms with Crippen molar-refractivity contribution in [2.24, 2.45) is 0 Å². The molecule has 1 aromatic heterocycles. The Labute approximate surface area is 145 Å². The average Bonchev–Trinajstić information content (AvgIpc) is 2.93. The van der Waals surface area contributed by atoms with E-state index in [1.54, 1.807) is 18.2 Å². The van der Waals surface area contributed by atoms with Crippen LogP contribution in [0.1, 0.15) is 19.4 Å². The molecule has 2 N–H and O–H groups in total. The normalized spacial score (nSPS) is 11.0. The second kappa shape index (κ2) is 6.97. The van der Waals surface area contributed by atoms with Gasteiger partial charge >= 0.3 is 0 Å². The van der Waals surface area contributed by atoms with Crippen LogP contribution in [0.5, 0.6) is 5.75 Å². The molecule has 3 rings (SSSR count). The van der Waals surface area contributed by atoms with Crippen molar-refractivity contribution in [2.75, 3.05) is 5.32 Å². The van der Waals surface area contributed by atoms with Gasteiger partial charge in [-0.25, -0.2) is 0 Å². The molecule has 0 saturated carbocycles. The van der Waals surface area contributed by atoms with Gasteiger partial charge in [0, 0.05) is 22.8 Å². The molecule has 0 saturated heterocycles. The van der Waals surface area contributed by atoms with Crippen molar-refractivity contribution in [3.63, 3.8) is 0 Å². The van der Waals surface area contributed by atoms with E-state index >= 15 is 0 Å². The van der Waals surface area contributed by atoms with Crippen molar-refractivity contribution in [1.29, 1.82) is 0 Å². The lowest BCUT2D eigenvalue weighted by molar-refractivity contribution is -0.115. The molecule has 4 nitrogen and oxygen atoms in total. The number of benzene rings is 2. The molecule has 0 bridgehead atoms. The number of aromatic amines is 1. The number of hydrogen-bond acceptors (Lipinski definition) is 2. The predicted molar refractivity (Wildman–Crippen MR) is 97.8 cm³/mol. The largest absolute Gasteiger partial charge is 0.489 e. The van der Waals surface area contributed by atoms with Gasteiger partial charge in [0.2, 0.25) is 5.91 Å². The van der Waals surface area contributed by atoms with Gasteiger partial charge in [0.05, 0.1) is 17.5 Å². The summed E-state index contributed by atoms with van der Waals surface area (Å²) in [5, 5.41) is 4.42. The second-order valence-electron chi connectivity index (χ2n) is 5.90. The number of rotatable bonds is 5. The molecule has 2 aromatic carbocycles. The minimum atomic E-state index is -0.0895. The summed E-state index contributed by atoms with van der Waals surface area (Å²) >= 11 is 6.20. The SMILES string of the molecule is CC(C)Oc1ccc(NC(=O)Cc2c[nH]c3ccccc23)cc1Cl. The molecule has 24 heavy (non-hydrogen) atoms. The second-order valence-corrected chi connectivity index (χ2v) is 6.30. The number of ether oxygens (including phenoxy) is 1. The van der Waals surface area contributed by atoms with Gasteiger partial charge in [-0.1, -0.05) is 29.8 Å². The third kappa shape index (κ3) is 3.71. The molecule has 3 aromatic rings. The van der Waals surface area contributed by atoms with Gasteiger partial charge in [0.15, 0.2) is 0 Å². The molecule has 0 aliphatic rings. The summed E-state index contributed by atoms with van der Waals surface area (Å²) < 4.78 is 5.59. The number of carbonyl (C=O) groups excluding carboxylic acids is 1. The summed E-state index contributed by atoms with van der Waals surface area (Å²) in [6, 6.07) is 13.2. The monoisotopic (exact) mass is 342 g/mol. The zero-order valence-electron chi connectivity index (χ0n) is 13.6. The highest BCUT2D eigenvalue weighted by molar-refractivity contribution is 6.32. The highest BCUT2D eigenvalue weighted by Gasteiger charge is 2.10. The highest BCUT2D eigenvalue weighted by atomic mass is 35.5. The Morgan fingerprint density at radius 2 is 2.04 bits per heavy atom. The Hall–Kier alpha value is -2.46. The third-order valence-electron chi connectivity index (χ3n) is 3.60. The molecular weight excluding hydrogens is 324 g/mol. The number of amides is 1. The maximum atomic E-state index is 12.3. The summed E-state index contributed by atoms with van der Waals surface area (Å²) in [6.45, 7) is 3.88. The van der Waals surface area contributed by atoms with Gasteiger partial charge in [0.25, 0.3) is 0 Å². The number of anilines is 1. The van der Waals surface area contributed by atoms with Gasteiger partial charge < -0.3 is 15.0 Å². The first-order chi connectivity index (χ1) is 11.5. The topological polar surface area (TPSA) is 54.1 Å². The summed E-state index contributed by atoms with van der Waals surface area (Å²) in [5.41, 5.74) is 2.65. The van der Waals surface area contributed by atoms with Gasteiger partial charge in [-0.15, -0.1) is 0 Å². The Morgan fingerprint density at radius 1 is 1.25 bits per heavy atom. The first-order valence-corrected chi connectivity index (χ1v) is 8.22. The van der Waals surface area contributed by atoms with Crippen molar-refractivity contribution in [3.8, 4) is 5.75 Å². The van der Waals surface area contributed by atoms with Crippen LogP contribution in [0.25, 0.3) is 10.9 Å². The maximum Gasteiger partial charge on any atom is 0.228 e. The molecule has 0 aliphatic carbocycles. The lowest BCUT2D eigenvalue weighted by Crippen LogP contribution is -2.14. The van der Waals surface area contributed by atoms with Gasteiger partial charge in [-0.2, -0.15) is 0 Å². The number of fused-ring (bicyclic) bond motifs is 1. The van der Waals surface area contributed by atoms with E-state index in [2.05, 4.69) is 10.3 Å². The van der Waals surface area contributed by atoms with Crippen LogP contribution in [0.4, 0.5) is 5.69 Å². The molecule has 0 fully saturated rings. The fraction of sp³-hybridized carbons (Fsp3) is 0.211. The Kier molecular flexibility index (Phi) is 4.76. The predicted octanol–water partition coefficient (Wildman–Crippen LogP) is 4.79. The van der Waals surface area contributed by atoms with Crippen molar-refractivity contribution < 1.29 is 9.53 Å². The Morgan fingerprint density at radius 3 is 2.79 bits per heavy atom. The van der Waals surface area contributed by atoms with Crippen LogP contribution >= 0.6 is 11.6 Å². The summed E-state index contributed by atoms with van der Waals surface area (Å²) in [4.78, 5) is 15.5. The van der Waals surface area contributed by atoms with E-state index < -0.39 is 0 Å². The molecule has 0 spiro atoms. The fourth-order valence-electron chi connectivity index (χ4n) is 2.58. The number of aromatic nitrogens is 1. The Balaban J connectivity index is 1.70. The van der Waals surface area contributed by atoms with E-state index in [9.17, 15) is 4.79 Å². The minimum Gasteiger partial charge on any atom is -0.489 e. The lowest BCUT2D eigenvalue weighted by atomic mass is 10.1. The van der Waals surface area contributed by atoms with Crippen molar-refractivity contribution >= 4 is 34.1 Å². The van der Waals surface area contributed by atoms with Gasteiger partial charge in [-0.05, 0) is 43.7 Å². The summed E-state index contributed by atoms with van der Waals surface area (Å²) in [5.74, 6) is 0.523. The molecule has 0 aliphatic heterocycles. The molecule has 0 atom stereocenters. The Bertz CT molecular complexity index is 871. The number of halogens is 1. The van der Waals surface area contributed by atoms with E-state index in [4.69, 9.17) is 16.3 Å². The van der Waals surface area contributed by atoms with E-state index in [-0.39, 0.29) is 12.0 Å². The number of hydrogen-bond donors (Lipinski definition) is 2. The van der Waals surface area contributed by atoms with Gasteiger partial charge in [0.1, 0.15) is 5.75 Å². The zero-order valence-corrected chi connectivity index (χ0v) is 14.4. The summed E-state index contributed by atoms with van der Waals surface area (Å²) in [6.07, 6.45) is 2.22. The number of nitrogens with one attached hydrogen (secondary N) is 2. The highest BCUT2D eigenvalue weighted by Crippen LogP contribution is 2.28. The lowest BCUT2D eigenvalue weighted by Gasteiger charge is -2.12. The first-order valence-electron chi connectivity index (χ1n) is 7.84. The standard InChI is InChI=1S/C19H19ClN2O2/c1-12(2)24-18-8-7-14(10-16(18)20)22-19(23)9-13-11-21-17-6-4-3-5-15(13)17/h3-8,10-12,21H,9H2,1-2H3,(H,22,23). The van der Waals surface area contributed by atoms with Crippen LogP contribution in [-0.2, 0) is 11.2 Å². The van der Waals surface area contributed by atoms with Crippen LogP contribution in [0, 0.1) is 0 Å². The first kappa shape index (κ1) is 16.4. The van der Waals surface area contributed by atoms with Crippen LogP contribution in [0.15, 0.2) is 48.7 Å². The van der Waals surface area contributed by atoms with Crippen molar-refractivity contribution in [2.45, 2.75) is 26.4 Å². The molecule has 1 amide bonds. The summed E-state index contributed by atoms with van der Waals surface area (Å²) in [7, 11) is 0.